The minimum atomic E-state index is -0.443. The molecule has 0 saturated carbocycles. The van der Waals surface area contributed by atoms with Crippen LogP contribution in [-0.2, 0) is 7.05 Å². The van der Waals surface area contributed by atoms with Crippen LogP contribution in [0.4, 0.5) is 5.69 Å². The summed E-state index contributed by atoms with van der Waals surface area (Å²) in [6, 6.07) is 14.4. The number of fused-ring (bicyclic) bond motifs is 1. The van der Waals surface area contributed by atoms with E-state index in [0.717, 1.165) is 0 Å². The number of ether oxygens (including phenoxy) is 1. The van der Waals surface area contributed by atoms with Crippen LogP contribution in [0.25, 0.3) is 10.9 Å². The van der Waals surface area contributed by atoms with E-state index in [1.54, 1.807) is 25.2 Å². The monoisotopic (exact) mass is 399 g/mol. The highest BCUT2D eigenvalue weighted by Gasteiger charge is 2.28. The summed E-state index contributed by atoms with van der Waals surface area (Å²) in [6.45, 7) is 2.64. The Balaban J connectivity index is 2.30. The number of aryl methyl sites for hydroxylation is 1. The zero-order chi connectivity index (χ0) is 20.3. The van der Waals surface area contributed by atoms with Crippen LogP contribution in [0.5, 0.6) is 5.75 Å². The number of aromatic nitrogens is 1. The Kier molecular flexibility index (Phi) is 6.02. The molecule has 0 radical (unpaired) electrons. The number of benzene rings is 2. The van der Waals surface area contributed by atoms with E-state index in [1.165, 1.54) is 9.47 Å². The van der Waals surface area contributed by atoms with Crippen molar-refractivity contribution in [2.45, 2.75) is 6.92 Å². The number of pyridine rings is 1. The molecule has 0 aliphatic heterocycles. The van der Waals surface area contributed by atoms with Gasteiger partial charge in [0.2, 0.25) is 0 Å². The SMILES string of the molecule is CCN(C(=O)c1c(OCCN)c2c(Cl)cccc2n(C)c1=O)c1ccccc1. The molecule has 0 bridgehead atoms. The van der Waals surface area contributed by atoms with Crippen molar-refractivity contribution < 1.29 is 9.53 Å². The Labute approximate surface area is 168 Å². The van der Waals surface area contributed by atoms with Crippen LogP contribution in [0, 0.1) is 0 Å². The molecule has 146 valence electrons. The highest BCUT2D eigenvalue weighted by Crippen LogP contribution is 2.34. The maximum Gasteiger partial charge on any atom is 0.267 e. The van der Waals surface area contributed by atoms with Crippen LogP contribution in [0.3, 0.4) is 0 Å². The number of hydrogen-bond acceptors (Lipinski definition) is 4. The number of hydrogen-bond donors (Lipinski definition) is 1. The smallest absolute Gasteiger partial charge is 0.267 e. The van der Waals surface area contributed by atoms with E-state index in [0.29, 0.717) is 28.2 Å². The molecule has 3 aromatic rings. The first kappa shape index (κ1) is 19.9. The molecule has 1 heterocycles. The first-order valence-corrected chi connectivity index (χ1v) is 9.40. The van der Waals surface area contributed by atoms with E-state index in [2.05, 4.69) is 0 Å². The van der Waals surface area contributed by atoms with Gasteiger partial charge in [-0.25, -0.2) is 0 Å². The number of nitrogens with zero attached hydrogens (tertiary/aromatic N) is 2. The van der Waals surface area contributed by atoms with Gasteiger partial charge in [-0.05, 0) is 31.2 Å². The Hall–Kier alpha value is -2.83. The van der Waals surface area contributed by atoms with Crippen LogP contribution < -0.4 is 20.9 Å². The molecular weight excluding hydrogens is 378 g/mol. The number of carbonyl (C=O) groups excluding carboxylic acids is 1. The molecule has 0 aliphatic rings. The van der Waals surface area contributed by atoms with Crippen molar-refractivity contribution in [3.05, 3.63) is 69.5 Å². The summed E-state index contributed by atoms with van der Waals surface area (Å²) in [5.74, 6) is -0.267. The second-order valence-electron chi connectivity index (χ2n) is 6.22. The maximum absolute atomic E-state index is 13.4. The molecule has 1 aromatic heterocycles. The van der Waals surface area contributed by atoms with Crippen molar-refractivity contribution in [1.82, 2.24) is 4.57 Å². The summed E-state index contributed by atoms with van der Waals surface area (Å²) in [4.78, 5) is 28.1. The number of carbonyl (C=O) groups is 1. The first-order chi connectivity index (χ1) is 13.5. The molecule has 0 saturated heterocycles. The Morgan fingerprint density at radius 2 is 1.89 bits per heavy atom. The number of amides is 1. The van der Waals surface area contributed by atoms with Crippen molar-refractivity contribution >= 4 is 34.1 Å². The van der Waals surface area contributed by atoms with Crippen LogP contribution in [0.2, 0.25) is 5.02 Å². The maximum atomic E-state index is 13.4. The molecule has 0 unspecified atom stereocenters. The van der Waals surface area contributed by atoms with Gasteiger partial charge in [0.05, 0.1) is 15.9 Å². The molecule has 0 atom stereocenters. The zero-order valence-electron chi connectivity index (χ0n) is 15.8. The number of para-hydroxylation sites is 1. The highest BCUT2D eigenvalue weighted by atomic mass is 35.5. The second kappa shape index (κ2) is 8.46. The summed E-state index contributed by atoms with van der Waals surface area (Å²) in [5.41, 5.74) is 6.38. The third-order valence-electron chi connectivity index (χ3n) is 4.53. The number of rotatable bonds is 6. The standard InChI is InChI=1S/C21H22ClN3O3/c1-3-25(14-8-5-4-6-9-14)21(27)18-19(28-13-12-23)17-15(22)10-7-11-16(17)24(2)20(18)26/h4-11H,3,12-13,23H2,1-2H3. The molecule has 0 spiro atoms. The van der Waals surface area contributed by atoms with Crippen LogP contribution in [0.1, 0.15) is 17.3 Å². The zero-order valence-corrected chi connectivity index (χ0v) is 16.6. The predicted octanol–water partition coefficient (Wildman–Crippen LogP) is 3.20. The fraction of sp³-hybridized carbons (Fsp3) is 0.238. The van der Waals surface area contributed by atoms with Crippen molar-refractivity contribution in [3.8, 4) is 5.75 Å². The van der Waals surface area contributed by atoms with E-state index >= 15 is 0 Å². The molecular formula is C21H22ClN3O3. The van der Waals surface area contributed by atoms with Gasteiger partial charge in [0, 0.05) is 25.8 Å². The first-order valence-electron chi connectivity index (χ1n) is 9.02. The largest absolute Gasteiger partial charge is 0.490 e. The van der Waals surface area contributed by atoms with E-state index in [9.17, 15) is 9.59 Å². The van der Waals surface area contributed by atoms with E-state index in [-0.39, 0.29) is 24.5 Å². The predicted molar refractivity (Wildman–Crippen MR) is 113 cm³/mol. The Morgan fingerprint density at radius 3 is 2.54 bits per heavy atom. The van der Waals surface area contributed by atoms with Crippen LogP contribution >= 0.6 is 11.6 Å². The molecule has 6 nitrogen and oxygen atoms in total. The lowest BCUT2D eigenvalue weighted by molar-refractivity contribution is 0.0982. The van der Waals surface area contributed by atoms with Gasteiger partial charge >= 0.3 is 0 Å². The van der Waals surface area contributed by atoms with Gasteiger partial charge in [0.1, 0.15) is 17.9 Å². The fourth-order valence-corrected chi connectivity index (χ4v) is 3.45. The topological polar surface area (TPSA) is 77.6 Å². The van der Waals surface area contributed by atoms with Gasteiger partial charge in [0.15, 0.2) is 0 Å². The fourth-order valence-electron chi connectivity index (χ4n) is 3.20. The van der Waals surface area contributed by atoms with Crippen molar-refractivity contribution in [2.24, 2.45) is 12.8 Å². The van der Waals surface area contributed by atoms with Gasteiger partial charge in [-0.1, -0.05) is 35.9 Å². The molecule has 2 aromatic carbocycles. The highest BCUT2D eigenvalue weighted by molar-refractivity contribution is 6.36. The minimum absolute atomic E-state index is 0.0535. The van der Waals surface area contributed by atoms with Crippen molar-refractivity contribution in [1.29, 1.82) is 0 Å². The van der Waals surface area contributed by atoms with Gasteiger partial charge in [-0.2, -0.15) is 0 Å². The molecule has 7 heteroatoms. The Bertz CT molecular complexity index is 1060. The lowest BCUT2D eigenvalue weighted by atomic mass is 10.1. The number of nitrogens with two attached hydrogens (primary N) is 1. The summed E-state index contributed by atoms with van der Waals surface area (Å²) >= 11 is 6.42. The number of halogens is 1. The summed E-state index contributed by atoms with van der Waals surface area (Å²) in [5, 5.41) is 0.920. The molecule has 1 amide bonds. The third-order valence-corrected chi connectivity index (χ3v) is 4.85. The molecule has 28 heavy (non-hydrogen) atoms. The van der Waals surface area contributed by atoms with E-state index in [1.807, 2.05) is 37.3 Å². The summed E-state index contributed by atoms with van der Waals surface area (Å²) in [7, 11) is 1.61. The second-order valence-corrected chi connectivity index (χ2v) is 6.63. The number of anilines is 1. The molecule has 0 fully saturated rings. The van der Waals surface area contributed by atoms with Crippen LogP contribution in [-0.4, -0.2) is 30.2 Å². The summed E-state index contributed by atoms with van der Waals surface area (Å²) in [6.07, 6.45) is 0. The minimum Gasteiger partial charge on any atom is -0.490 e. The van der Waals surface area contributed by atoms with Crippen LogP contribution in [0.15, 0.2) is 53.3 Å². The Morgan fingerprint density at radius 1 is 1.18 bits per heavy atom. The molecule has 3 rings (SSSR count). The van der Waals surface area contributed by atoms with E-state index < -0.39 is 11.5 Å². The van der Waals surface area contributed by atoms with Gasteiger partial charge in [0.25, 0.3) is 11.5 Å². The van der Waals surface area contributed by atoms with Crippen molar-refractivity contribution in [2.75, 3.05) is 24.6 Å². The van der Waals surface area contributed by atoms with Crippen molar-refractivity contribution in [3.63, 3.8) is 0 Å². The quantitative estimate of drug-likeness (QED) is 0.690. The third kappa shape index (κ3) is 3.48. The lowest BCUT2D eigenvalue weighted by Gasteiger charge is -2.23. The van der Waals surface area contributed by atoms with Gasteiger partial charge < -0.3 is 19.9 Å². The van der Waals surface area contributed by atoms with E-state index in [4.69, 9.17) is 22.1 Å². The lowest BCUT2D eigenvalue weighted by Crippen LogP contribution is -2.37. The normalized spacial score (nSPS) is 10.9. The molecule has 0 aliphatic carbocycles. The van der Waals surface area contributed by atoms with Gasteiger partial charge in [-0.15, -0.1) is 0 Å². The molecule has 2 N–H and O–H groups in total. The average Bonchev–Trinajstić information content (AvgIpc) is 2.71. The summed E-state index contributed by atoms with van der Waals surface area (Å²) < 4.78 is 7.22. The average molecular weight is 400 g/mol. The van der Waals surface area contributed by atoms with Gasteiger partial charge in [-0.3, -0.25) is 9.59 Å².